The molecule has 7 N–H and O–H groups in total. The maximum atomic E-state index is 12.0. The molecule has 4 aliphatic carbocycles. The molecule has 6 aliphatic rings. The quantitative estimate of drug-likeness (QED) is 0.0356. The number of fused-ring (bicyclic) bond motifs is 3. The predicted molar refractivity (Wildman–Crippen MR) is 364 cm³/mol. The van der Waals surface area contributed by atoms with Crippen LogP contribution in [-0.2, 0) is 49.6 Å². The number of nitrogens with two attached hydrogens (primary N) is 1. The van der Waals surface area contributed by atoms with Gasteiger partial charge in [0.25, 0.3) is 0 Å². The molecule has 11 rings (SSSR count). The standard InChI is InChI=1S/C19H27N3O3.C14H19N3O.C12H21NO3.C11H19NO3.C8H7N.C3H9IOS.2Na.2H/c1-18(2,3)25-17(23)21-15-8-6-10-19(24,11-15)13-22-16-9-5-4-7-14(16)12-20-22;15-12-5-3-7-14(18,8-12)10-17-13-6-2-1-4-11(13)9-16-17;1-11(2,3)16-10(14)13-9-5-4-6-12(7-9)8-15-12;1-11(2,3)15-10(14)12-8-5-4-6-9(13)7-8;1-2-4-8-6-9-5-7(8)3-1;1-6(2,3,4)5;;;;/h4-5,7,9,12,15,24H,6,8,10-11,13H2,1-3H3,(H,21,23);1-2,4,6,9,12,18H,3,5,7-8,10,15H2;9H,4-8H2,1-3H3,(H,13,14);8H,4-7H2,1-3H3,(H,12,14);1-5H,6H2;1-3H3;;;;/q;;;;;;2*+1;2*-1/t15-,19?;12-,14?;9-,12?;8-;;;;;;/m1111....../s1. The molecule has 91 heavy (non-hydrogen) atoms. The smallest absolute Gasteiger partial charge is 1.00 e. The van der Waals surface area contributed by atoms with Gasteiger partial charge in [0.2, 0.25) is 0 Å². The Balaban J connectivity index is 0.000000393. The molecule has 4 saturated carbocycles. The van der Waals surface area contributed by atoms with E-state index >= 15 is 0 Å². The number of ketones is 1. The Morgan fingerprint density at radius 1 is 0.659 bits per heavy atom. The number of para-hydroxylation sites is 2. The summed E-state index contributed by atoms with van der Waals surface area (Å²) in [6.45, 7) is 19.3. The van der Waals surface area contributed by atoms with Crippen LogP contribution in [0.3, 0.4) is 0 Å². The largest absolute Gasteiger partial charge is 1.00 e. The molecule has 5 fully saturated rings. The zero-order chi connectivity index (χ0) is 65.5. The second kappa shape index (κ2) is 34.4. The zero-order valence-electron chi connectivity index (χ0n) is 58.8. The van der Waals surface area contributed by atoms with Crippen LogP contribution in [0.5, 0.6) is 0 Å². The number of Topliss-reactive ketones (excluding diaryl/α,β-unsaturated/α-hetero) is 1. The van der Waals surface area contributed by atoms with Crippen LogP contribution in [0.2, 0.25) is 0 Å². The van der Waals surface area contributed by atoms with Gasteiger partial charge in [-0.2, -0.15) is 10.2 Å². The van der Waals surface area contributed by atoms with Crippen LogP contribution >= 0.6 is 21.2 Å². The Morgan fingerprint density at radius 2 is 1.08 bits per heavy atom. The number of carbonyl (C=O) groups is 4. The van der Waals surface area contributed by atoms with E-state index in [9.17, 15) is 33.6 Å². The maximum Gasteiger partial charge on any atom is 1.00 e. The molecule has 7 atom stereocenters. The Kier molecular flexibility index (Phi) is 30.2. The van der Waals surface area contributed by atoms with Crippen molar-refractivity contribution in [2.24, 2.45) is 10.7 Å². The summed E-state index contributed by atoms with van der Waals surface area (Å²) in [6, 6.07) is 24.5. The van der Waals surface area contributed by atoms with Crippen molar-refractivity contribution in [3.63, 3.8) is 0 Å². The van der Waals surface area contributed by atoms with Crippen molar-refractivity contribution in [2.45, 2.75) is 242 Å². The molecule has 2 aliphatic heterocycles. The van der Waals surface area contributed by atoms with Gasteiger partial charge in [0.05, 0.1) is 66.5 Å². The number of rotatable bonds is 7. The molecule has 0 bridgehead atoms. The molecule has 0 radical (unpaired) electrons. The summed E-state index contributed by atoms with van der Waals surface area (Å²) >= 11 is 1.96. The fourth-order valence-corrected chi connectivity index (χ4v) is 11.4. The van der Waals surface area contributed by atoms with Crippen molar-refractivity contribution in [1.82, 2.24) is 35.5 Å². The number of aliphatic imine (C=N–C) groups is 1. The van der Waals surface area contributed by atoms with Crippen molar-refractivity contribution >= 4 is 79.5 Å². The first-order valence-electron chi connectivity index (χ1n) is 31.4. The normalized spacial score (nSPS) is 24.5. The summed E-state index contributed by atoms with van der Waals surface area (Å²) in [5.74, 6) is 0.224. The van der Waals surface area contributed by atoms with Gasteiger partial charge in [0.1, 0.15) is 22.6 Å². The van der Waals surface area contributed by atoms with E-state index in [0.29, 0.717) is 45.2 Å². The third-order valence-electron chi connectivity index (χ3n) is 15.2. The van der Waals surface area contributed by atoms with Crippen molar-refractivity contribution in [3.05, 3.63) is 96.3 Å². The van der Waals surface area contributed by atoms with E-state index < -0.39 is 46.4 Å². The van der Waals surface area contributed by atoms with Gasteiger partial charge in [-0.25, -0.2) is 14.4 Å². The minimum Gasteiger partial charge on any atom is -1.00 e. The summed E-state index contributed by atoms with van der Waals surface area (Å²) in [5.41, 5.74) is 7.75. The average molecular weight is 1420 g/mol. The van der Waals surface area contributed by atoms with Crippen molar-refractivity contribution in [2.75, 3.05) is 25.4 Å². The van der Waals surface area contributed by atoms with Crippen LogP contribution < -0.4 is 80.8 Å². The van der Waals surface area contributed by atoms with Gasteiger partial charge in [-0.05, 0) is 194 Å². The summed E-state index contributed by atoms with van der Waals surface area (Å²) in [4.78, 5) is 50.2. The monoisotopic (exact) mass is 1420 g/mol. The molecule has 3 amide bonds. The number of aliphatic hydroxyl groups is 2. The van der Waals surface area contributed by atoms with Crippen molar-refractivity contribution in [1.29, 1.82) is 0 Å². The zero-order valence-corrected chi connectivity index (χ0v) is 63.8. The first-order chi connectivity index (χ1) is 41.4. The Labute approximate surface area is 599 Å². The molecule has 2 aromatic heterocycles. The molecule has 4 heterocycles. The number of halogens is 1. The van der Waals surface area contributed by atoms with Crippen LogP contribution in [0.1, 0.15) is 179 Å². The third kappa shape index (κ3) is 30.8. The number of amides is 3. The van der Waals surface area contributed by atoms with Crippen LogP contribution in [0.4, 0.5) is 14.4 Å². The van der Waals surface area contributed by atoms with E-state index in [4.69, 9.17) is 24.7 Å². The summed E-state index contributed by atoms with van der Waals surface area (Å²) in [6.07, 6.45) is 21.0. The predicted octanol–water partition coefficient (Wildman–Crippen LogP) is 6.05. The summed E-state index contributed by atoms with van der Waals surface area (Å²) in [5, 5.41) is 41.2. The fourth-order valence-electron chi connectivity index (χ4n) is 11.4. The number of hydrogen-bond donors (Lipinski definition) is 6. The average Bonchev–Trinajstić information content (AvgIpc) is 1.72. The molecule has 3 unspecified atom stereocenters. The number of hydrogen-bond acceptors (Lipinski definition) is 15. The second-order valence-corrected chi connectivity index (χ2v) is 42.3. The number of benzene rings is 3. The van der Waals surface area contributed by atoms with E-state index in [2.05, 4.69) is 43.3 Å². The fraction of sp³-hybridized carbons (Fsp3) is 0.627. The maximum absolute atomic E-state index is 12.0. The molecule has 3 aromatic carbocycles. The van der Waals surface area contributed by atoms with Crippen molar-refractivity contribution < 1.29 is 115 Å². The van der Waals surface area contributed by atoms with Gasteiger partial charge >= 0.3 is 77.4 Å². The number of epoxide rings is 1. The SMILES string of the molecule is C1=NCc2ccccc21.CC(C)(C)OC(=O)N[C@@H]1CCCC(=O)C1.CC(C)(C)OC(=O)N[C@@H]1CCCC(O)(Cn2ncc3ccccc32)C1.CC(C)(C)OC(=O)N[C@@H]1CCCC2(CO2)C1.CS(C)(C)(=O)I.N[C@@H]1CCCC(O)(Cn2ncc3ccccc32)C1.[H-].[H-].[Na+].[Na+]. The molecular weight excluding hydrogens is 1310 g/mol. The minimum absolute atomic E-state index is 0. The van der Waals surface area contributed by atoms with Gasteiger partial charge in [-0.15, -0.1) is 0 Å². The Morgan fingerprint density at radius 3 is 1.54 bits per heavy atom. The number of carbonyl (C=O) groups excluding carboxylic acids is 4. The molecular formula is C67H104IN9Na2O11S. The number of alkyl carbamates (subject to hydrolysis) is 3. The van der Waals surface area contributed by atoms with Gasteiger partial charge < -0.3 is 53.7 Å². The van der Waals surface area contributed by atoms with E-state index in [0.717, 1.165) is 106 Å². The molecule has 498 valence electrons. The summed E-state index contributed by atoms with van der Waals surface area (Å²) in [7, 11) is 0. The van der Waals surface area contributed by atoms with Crippen LogP contribution in [-0.4, -0.2) is 147 Å². The van der Waals surface area contributed by atoms with Crippen LogP contribution in [0, 0.1) is 0 Å². The Bertz CT molecular complexity index is 3250. The van der Waals surface area contributed by atoms with Crippen molar-refractivity contribution in [3.8, 4) is 0 Å². The van der Waals surface area contributed by atoms with E-state index in [1.54, 1.807) is 18.8 Å². The number of aromatic nitrogens is 4. The first kappa shape index (κ1) is 79.9. The first-order valence-corrected chi connectivity index (χ1v) is 37.1. The van der Waals surface area contributed by atoms with Gasteiger partial charge in [0, 0.05) is 75.2 Å². The van der Waals surface area contributed by atoms with Crippen LogP contribution in [0.25, 0.3) is 21.8 Å². The number of nitrogens with zero attached hydrogens (tertiary/aromatic N) is 5. The van der Waals surface area contributed by atoms with Gasteiger partial charge in [0.15, 0.2) is 0 Å². The third-order valence-corrected chi connectivity index (χ3v) is 15.2. The Hall–Kier alpha value is -3.53. The second-order valence-electron chi connectivity index (χ2n) is 28.8. The van der Waals surface area contributed by atoms with Gasteiger partial charge in [-0.3, -0.25) is 23.4 Å². The summed E-state index contributed by atoms with van der Waals surface area (Å²) < 4.78 is 35.7. The molecule has 24 heteroatoms. The molecule has 20 nitrogen and oxygen atoms in total. The van der Waals surface area contributed by atoms with E-state index in [1.807, 2.05) is 172 Å². The van der Waals surface area contributed by atoms with Gasteiger partial charge in [-0.1, -0.05) is 66.9 Å². The molecule has 5 aromatic rings. The number of ether oxygens (including phenoxy) is 4. The van der Waals surface area contributed by atoms with E-state index in [1.165, 1.54) is 11.1 Å². The minimum atomic E-state index is -2.13. The number of nitrogens with one attached hydrogen (secondary N) is 3. The topological polar surface area (TPSA) is 276 Å². The van der Waals surface area contributed by atoms with E-state index in [-0.39, 0.29) is 104 Å². The molecule has 1 spiro atoms. The van der Waals surface area contributed by atoms with Crippen LogP contribution in [0.15, 0.2) is 90.2 Å². The molecule has 1 saturated heterocycles.